The predicted octanol–water partition coefficient (Wildman–Crippen LogP) is 4.48. The van der Waals surface area contributed by atoms with Crippen molar-refractivity contribution in [3.63, 3.8) is 0 Å². The molecule has 0 radical (unpaired) electrons. The van der Waals surface area contributed by atoms with Crippen LogP contribution in [0.15, 0.2) is 51.0 Å². The number of nitrogens with one attached hydrogen (secondary N) is 2. The molecule has 0 bridgehead atoms. The summed E-state index contributed by atoms with van der Waals surface area (Å²) >= 11 is 2.87. The first-order valence-corrected chi connectivity index (χ1v) is 11.7. The number of hydrogen-bond donors (Lipinski definition) is 1. The zero-order chi connectivity index (χ0) is 22.1. The number of thiophene rings is 1. The molecule has 0 atom stereocenters. The number of aryl methyl sites for hydroxylation is 4. The second-order valence-corrected chi connectivity index (χ2v) is 9.68. The second kappa shape index (κ2) is 8.72. The van der Waals surface area contributed by atoms with Crippen molar-refractivity contribution in [1.29, 1.82) is 0 Å². The van der Waals surface area contributed by atoms with Crippen molar-refractivity contribution in [2.45, 2.75) is 39.4 Å². The molecule has 0 aliphatic rings. The molecule has 3 aromatic heterocycles. The average molecular weight is 455 g/mol. The Balaban J connectivity index is 1.64. The monoisotopic (exact) mass is 454 g/mol. The van der Waals surface area contributed by atoms with Crippen LogP contribution < -0.4 is 15.9 Å². The van der Waals surface area contributed by atoms with Crippen LogP contribution in [0.25, 0.3) is 10.2 Å². The summed E-state index contributed by atoms with van der Waals surface area (Å²) in [6.45, 7) is 8.22. The topological polar surface area (TPSA) is 78.4 Å². The quantitative estimate of drug-likeness (QED) is 0.344. The van der Waals surface area contributed by atoms with Gasteiger partial charge < -0.3 is 9.73 Å². The Morgan fingerprint density at radius 1 is 1.16 bits per heavy atom. The van der Waals surface area contributed by atoms with Gasteiger partial charge in [0, 0.05) is 10.6 Å². The van der Waals surface area contributed by atoms with Gasteiger partial charge in [0.15, 0.2) is 11.4 Å². The number of amides is 1. The number of thioether (sulfide) groups is 1. The van der Waals surface area contributed by atoms with Crippen LogP contribution >= 0.6 is 23.1 Å². The summed E-state index contributed by atoms with van der Waals surface area (Å²) in [6, 6.07) is 9.55. The third-order valence-corrected chi connectivity index (χ3v) is 7.41. The number of para-hydroxylation sites is 1. The third-order valence-electron chi connectivity index (χ3n) is 5.29. The Labute approximate surface area is 188 Å². The van der Waals surface area contributed by atoms with Crippen molar-refractivity contribution >= 4 is 44.9 Å². The normalized spacial score (nSPS) is 11.2. The maximum Gasteiger partial charge on any atom is 0.347 e. The highest BCUT2D eigenvalue weighted by Crippen LogP contribution is 2.26. The standard InChI is InChI=1S/C23H23N3O3S2/c1-13-7-5-8-14(2)20(13)24-18(27)12-30-23-25-21-19(15(3)16(4)31-21)22(28)26(23)11-17-9-6-10-29-17/h5-10H,11-12H2,1-4H3,(H,24,27)/p+1. The van der Waals surface area contributed by atoms with Gasteiger partial charge in [-0.15, -0.1) is 0 Å². The number of aromatic nitrogens is 2. The SMILES string of the molecule is Cc1cccc(C)c1NC(=O)CSc1[nH+]c2sc(C)c(C)c2c(=O)n1Cc1ccco1. The van der Waals surface area contributed by atoms with E-state index in [-0.39, 0.29) is 17.2 Å². The summed E-state index contributed by atoms with van der Waals surface area (Å²) in [4.78, 5) is 31.3. The van der Waals surface area contributed by atoms with Gasteiger partial charge in [-0.3, -0.25) is 4.79 Å². The van der Waals surface area contributed by atoms with Gasteiger partial charge in [0.25, 0.3) is 0 Å². The van der Waals surface area contributed by atoms with Crippen LogP contribution in [-0.2, 0) is 11.3 Å². The molecular weight excluding hydrogens is 430 g/mol. The van der Waals surface area contributed by atoms with Gasteiger partial charge in [-0.2, -0.15) is 4.57 Å². The Morgan fingerprint density at radius 2 is 1.90 bits per heavy atom. The lowest BCUT2D eigenvalue weighted by Crippen LogP contribution is -2.30. The minimum atomic E-state index is -0.119. The summed E-state index contributed by atoms with van der Waals surface area (Å²) < 4.78 is 7.12. The number of benzene rings is 1. The lowest BCUT2D eigenvalue weighted by atomic mass is 10.1. The van der Waals surface area contributed by atoms with Gasteiger partial charge in [0.1, 0.15) is 11.1 Å². The number of H-pyrrole nitrogens is 1. The second-order valence-electron chi connectivity index (χ2n) is 7.49. The van der Waals surface area contributed by atoms with E-state index < -0.39 is 0 Å². The number of furan rings is 1. The van der Waals surface area contributed by atoms with Crippen LogP contribution in [0.1, 0.15) is 27.3 Å². The highest BCUT2D eigenvalue weighted by atomic mass is 32.2. The molecular formula is C23H24N3O3S2+. The minimum Gasteiger partial charge on any atom is -0.465 e. The maximum absolute atomic E-state index is 13.3. The number of hydrogen-bond acceptors (Lipinski definition) is 5. The number of nitrogens with zero attached hydrogens (tertiary/aromatic N) is 1. The molecule has 160 valence electrons. The molecule has 2 N–H and O–H groups in total. The Morgan fingerprint density at radius 3 is 2.58 bits per heavy atom. The summed E-state index contributed by atoms with van der Waals surface area (Å²) in [5.74, 6) is 0.740. The first kappa shape index (κ1) is 21.4. The molecule has 0 unspecified atom stereocenters. The number of rotatable bonds is 6. The molecule has 6 nitrogen and oxygen atoms in total. The van der Waals surface area contributed by atoms with E-state index in [4.69, 9.17) is 4.42 Å². The number of carbonyl (C=O) groups is 1. The van der Waals surface area contributed by atoms with Gasteiger partial charge in [0.05, 0.1) is 12.0 Å². The predicted molar refractivity (Wildman–Crippen MR) is 125 cm³/mol. The van der Waals surface area contributed by atoms with Crippen molar-refractivity contribution < 1.29 is 14.2 Å². The zero-order valence-corrected chi connectivity index (χ0v) is 19.5. The minimum absolute atomic E-state index is 0.0790. The van der Waals surface area contributed by atoms with E-state index >= 15 is 0 Å². The van der Waals surface area contributed by atoms with Gasteiger partial charge in [-0.1, -0.05) is 29.5 Å². The molecule has 4 rings (SSSR count). The fraction of sp³-hybridized carbons (Fsp3) is 0.261. The molecule has 0 saturated carbocycles. The number of carbonyl (C=O) groups excluding carboxylic acids is 1. The largest absolute Gasteiger partial charge is 0.465 e. The van der Waals surface area contributed by atoms with E-state index in [9.17, 15) is 9.59 Å². The molecule has 1 amide bonds. The van der Waals surface area contributed by atoms with Crippen LogP contribution in [-0.4, -0.2) is 16.2 Å². The van der Waals surface area contributed by atoms with E-state index in [1.807, 2.05) is 52.0 Å². The first-order chi connectivity index (χ1) is 14.8. The van der Waals surface area contributed by atoms with Gasteiger partial charge in [0.2, 0.25) is 5.91 Å². The van der Waals surface area contributed by atoms with Crippen molar-refractivity contribution in [1.82, 2.24) is 4.57 Å². The average Bonchev–Trinajstić information content (AvgIpc) is 3.34. The van der Waals surface area contributed by atoms with Crippen molar-refractivity contribution in [2.24, 2.45) is 0 Å². The Hall–Kier alpha value is -2.84. The smallest absolute Gasteiger partial charge is 0.347 e. The first-order valence-electron chi connectivity index (χ1n) is 9.92. The van der Waals surface area contributed by atoms with Crippen LogP contribution in [0, 0.1) is 27.7 Å². The van der Waals surface area contributed by atoms with Crippen molar-refractivity contribution in [3.8, 4) is 0 Å². The lowest BCUT2D eigenvalue weighted by Gasteiger charge is -2.11. The van der Waals surface area contributed by atoms with Gasteiger partial charge >= 0.3 is 10.7 Å². The molecule has 0 saturated heterocycles. The molecule has 0 aliphatic carbocycles. The van der Waals surface area contributed by atoms with Crippen LogP contribution in [0.5, 0.6) is 0 Å². The Bertz CT molecular complexity index is 1300. The molecule has 31 heavy (non-hydrogen) atoms. The highest BCUT2D eigenvalue weighted by Gasteiger charge is 2.24. The lowest BCUT2D eigenvalue weighted by molar-refractivity contribution is -0.404. The summed E-state index contributed by atoms with van der Waals surface area (Å²) in [7, 11) is 0. The third kappa shape index (κ3) is 4.31. The molecule has 8 heteroatoms. The van der Waals surface area contributed by atoms with E-state index in [1.165, 1.54) is 11.8 Å². The summed E-state index contributed by atoms with van der Waals surface area (Å²) in [5.41, 5.74) is 3.78. The Kier molecular flexibility index (Phi) is 6.02. The van der Waals surface area contributed by atoms with E-state index in [2.05, 4.69) is 10.3 Å². The summed E-state index contributed by atoms with van der Waals surface area (Å²) in [5, 5.41) is 4.33. The molecule has 3 heterocycles. The molecule has 0 spiro atoms. The highest BCUT2D eigenvalue weighted by molar-refractivity contribution is 7.99. The number of fused-ring (bicyclic) bond motifs is 1. The summed E-state index contributed by atoms with van der Waals surface area (Å²) in [6.07, 6.45) is 1.59. The van der Waals surface area contributed by atoms with Crippen LogP contribution in [0.3, 0.4) is 0 Å². The van der Waals surface area contributed by atoms with Gasteiger partial charge in [-0.05, 0) is 68.3 Å². The number of anilines is 1. The van der Waals surface area contributed by atoms with Gasteiger partial charge in [-0.25, -0.2) is 9.78 Å². The fourth-order valence-corrected chi connectivity index (χ4v) is 5.43. The van der Waals surface area contributed by atoms with E-state index in [1.54, 1.807) is 28.2 Å². The van der Waals surface area contributed by atoms with E-state index in [0.29, 0.717) is 22.8 Å². The van der Waals surface area contributed by atoms with Crippen molar-refractivity contribution in [3.05, 3.63) is 74.3 Å². The number of aromatic amines is 1. The molecule has 0 aliphatic heterocycles. The molecule has 0 fully saturated rings. The zero-order valence-electron chi connectivity index (χ0n) is 17.9. The van der Waals surface area contributed by atoms with Crippen LogP contribution in [0.2, 0.25) is 0 Å². The molecule has 1 aromatic carbocycles. The fourth-order valence-electron chi connectivity index (χ4n) is 3.50. The van der Waals surface area contributed by atoms with Crippen LogP contribution in [0.4, 0.5) is 5.69 Å². The molecule has 4 aromatic rings. The van der Waals surface area contributed by atoms with Crippen molar-refractivity contribution in [2.75, 3.05) is 11.1 Å². The maximum atomic E-state index is 13.3. The van der Waals surface area contributed by atoms with E-state index in [0.717, 1.165) is 32.1 Å².